The summed E-state index contributed by atoms with van der Waals surface area (Å²) in [4.78, 5) is 15.7. The minimum atomic E-state index is 0. The molecular formula is C22H33IN6O. The lowest BCUT2D eigenvalue weighted by Gasteiger charge is -2.34. The molecule has 0 atom stereocenters. The van der Waals surface area contributed by atoms with E-state index >= 15 is 0 Å². The Kier molecular flexibility index (Phi) is 10.1. The fourth-order valence-electron chi connectivity index (χ4n) is 3.34. The molecule has 0 unspecified atom stereocenters. The molecule has 0 radical (unpaired) electrons. The smallest absolute Gasteiger partial charge is 0.213 e. The molecule has 2 aromatic heterocycles. The molecule has 1 saturated heterocycles. The molecule has 164 valence electrons. The Morgan fingerprint density at radius 3 is 2.67 bits per heavy atom. The Labute approximate surface area is 196 Å². The number of hydrogen-bond donors (Lipinski definition) is 2. The van der Waals surface area contributed by atoms with Gasteiger partial charge in [-0.2, -0.15) is 0 Å². The number of nitrogens with zero attached hydrogens (tertiary/aromatic N) is 4. The van der Waals surface area contributed by atoms with Gasteiger partial charge in [0.05, 0.1) is 6.61 Å². The highest BCUT2D eigenvalue weighted by atomic mass is 127. The molecular weight excluding hydrogens is 491 g/mol. The fraction of sp³-hybridized carbons (Fsp3) is 0.500. The van der Waals surface area contributed by atoms with E-state index in [9.17, 15) is 0 Å². The first-order chi connectivity index (χ1) is 14.2. The number of aromatic nitrogens is 2. The fourth-order valence-corrected chi connectivity index (χ4v) is 3.34. The zero-order chi connectivity index (χ0) is 20.5. The third-order valence-corrected chi connectivity index (χ3v) is 4.97. The van der Waals surface area contributed by atoms with Gasteiger partial charge in [0.2, 0.25) is 5.88 Å². The van der Waals surface area contributed by atoms with Crippen LogP contribution in [0.25, 0.3) is 0 Å². The third kappa shape index (κ3) is 7.30. The van der Waals surface area contributed by atoms with E-state index in [-0.39, 0.29) is 24.0 Å². The average molecular weight is 524 g/mol. The number of rotatable bonds is 7. The van der Waals surface area contributed by atoms with Crippen molar-refractivity contribution >= 4 is 35.8 Å². The highest BCUT2D eigenvalue weighted by molar-refractivity contribution is 14.0. The quantitative estimate of drug-likeness (QED) is 0.328. The van der Waals surface area contributed by atoms with Crippen molar-refractivity contribution in [2.45, 2.75) is 45.7 Å². The van der Waals surface area contributed by atoms with E-state index < -0.39 is 0 Å². The van der Waals surface area contributed by atoms with Gasteiger partial charge in [0, 0.05) is 50.7 Å². The number of nitrogens with one attached hydrogen (secondary N) is 2. The number of anilines is 1. The van der Waals surface area contributed by atoms with Crippen molar-refractivity contribution < 1.29 is 4.74 Å². The minimum Gasteiger partial charge on any atom is -0.478 e. The zero-order valence-electron chi connectivity index (χ0n) is 18.1. The van der Waals surface area contributed by atoms with Crippen molar-refractivity contribution in [3.8, 4) is 5.88 Å². The lowest BCUT2D eigenvalue weighted by atomic mass is 10.1. The van der Waals surface area contributed by atoms with Crippen LogP contribution in [0.5, 0.6) is 5.88 Å². The van der Waals surface area contributed by atoms with Crippen LogP contribution >= 0.6 is 24.0 Å². The Morgan fingerprint density at radius 2 is 2.03 bits per heavy atom. The van der Waals surface area contributed by atoms with Gasteiger partial charge in [0.25, 0.3) is 0 Å². The Balaban J connectivity index is 0.00000320. The maximum absolute atomic E-state index is 5.53. The van der Waals surface area contributed by atoms with E-state index in [2.05, 4.69) is 49.6 Å². The molecule has 7 nitrogen and oxygen atoms in total. The molecule has 1 aliphatic rings. The van der Waals surface area contributed by atoms with Gasteiger partial charge in [-0.25, -0.2) is 9.97 Å². The summed E-state index contributed by atoms with van der Waals surface area (Å²) in [5, 5.41) is 6.92. The standard InChI is InChI=1S/C22H32N6O.HI/c1-4-14-29-21-9-8-18(15-24-21)16-25-22(23-3)27-19-10-12-28(13-11-19)20-7-5-6-17(2)26-20;/h5-9,15,19H,4,10-14,16H2,1-3H3,(H2,23,25,27);1H. The van der Waals surface area contributed by atoms with Crippen molar-refractivity contribution in [1.29, 1.82) is 0 Å². The van der Waals surface area contributed by atoms with Crippen LogP contribution in [0.1, 0.15) is 37.4 Å². The second-order valence-electron chi connectivity index (χ2n) is 7.32. The number of piperidine rings is 1. The summed E-state index contributed by atoms with van der Waals surface area (Å²) in [6.45, 7) is 7.48. The summed E-state index contributed by atoms with van der Waals surface area (Å²) in [6, 6.07) is 10.6. The van der Waals surface area contributed by atoms with Crippen LogP contribution in [0.15, 0.2) is 41.5 Å². The van der Waals surface area contributed by atoms with E-state index in [0.717, 1.165) is 55.4 Å². The second kappa shape index (κ2) is 12.6. The van der Waals surface area contributed by atoms with Crippen LogP contribution in [0.4, 0.5) is 5.82 Å². The molecule has 0 spiro atoms. The predicted octanol–water partition coefficient (Wildman–Crippen LogP) is 3.53. The van der Waals surface area contributed by atoms with Gasteiger partial charge in [-0.15, -0.1) is 24.0 Å². The Bertz CT molecular complexity index is 790. The summed E-state index contributed by atoms with van der Waals surface area (Å²) in [5.74, 6) is 2.57. The first-order valence-electron chi connectivity index (χ1n) is 10.4. The lowest BCUT2D eigenvalue weighted by Crippen LogP contribution is -2.48. The Hall–Kier alpha value is -2.10. The lowest BCUT2D eigenvalue weighted by molar-refractivity contribution is 0.305. The predicted molar refractivity (Wildman–Crippen MR) is 133 cm³/mol. The van der Waals surface area contributed by atoms with Crippen molar-refractivity contribution in [2.24, 2.45) is 4.99 Å². The molecule has 0 bridgehead atoms. The zero-order valence-corrected chi connectivity index (χ0v) is 20.4. The van der Waals surface area contributed by atoms with Gasteiger partial charge in [-0.3, -0.25) is 4.99 Å². The van der Waals surface area contributed by atoms with Gasteiger partial charge in [0.15, 0.2) is 5.96 Å². The normalized spacial score (nSPS) is 14.8. The monoisotopic (exact) mass is 524 g/mol. The number of aliphatic imine (C=N–C) groups is 1. The van der Waals surface area contributed by atoms with E-state index in [1.807, 2.05) is 31.3 Å². The molecule has 3 heterocycles. The van der Waals surface area contributed by atoms with Crippen LogP contribution in [0.3, 0.4) is 0 Å². The summed E-state index contributed by atoms with van der Waals surface area (Å²) in [5.41, 5.74) is 2.16. The van der Waals surface area contributed by atoms with Gasteiger partial charge < -0.3 is 20.3 Å². The highest BCUT2D eigenvalue weighted by Gasteiger charge is 2.20. The van der Waals surface area contributed by atoms with E-state index in [0.29, 0.717) is 25.1 Å². The van der Waals surface area contributed by atoms with Crippen LogP contribution in [-0.2, 0) is 6.54 Å². The molecule has 30 heavy (non-hydrogen) atoms. The van der Waals surface area contributed by atoms with Crippen molar-refractivity contribution in [3.05, 3.63) is 47.8 Å². The van der Waals surface area contributed by atoms with Crippen LogP contribution < -0.4 is 20.3 Å². The van der Waals surface area contributed by atoms with Crippen molar-refractivity contribution in [2.75, 3.05) is 31.6 Å². The maximum atomic E-state index is 5.53. The first kappa shape index (κ1) is 24.2. The van der Waals surface area contributed by atoms with Gasteiger partial charge in [0.1, 0.15) is 5.82 Å². The SMILES string of the molecule is CCCOc1ccc(CNC(=NC)NC2CCN(c3cccc(C)n3)CC2)cn1.I. The molecule has 0 saturated carbocycles. The van der Waals surface area contributed by atoms with Crippen LogP contribution in [0.2, 0.25) is 0 Å². The number of pyridine rings is 2. The molecule has 1 aliphatic heterocycles. The molecule has 0 amide bonds. The van der Waals surface area contributed by atoms with Gasteiger partial charge in [-0.05, 0) is 43.9 Å². The minimum absolute atomic E-state index is 0. The molecule has 3 rings (SSSR count). The highest BCUT2D eigenvalue weighted by Crippen LogP contribution is 2.18. The molecule has 8 heteroatoms. The van der Waals surface area contributed by atoms with E-state index in [1.54, 1.807) is 7.05 Å². The molecule has 0 aliphatic carbocycles. The summed E-state index contributed by atoms with van der Waals surface area (Å²) in [6.07, 6.45) is 4.94. The molecule has 0 aromatic carbocycles. The second-order valence-corrected chi connectivity index (χ2v) is 7.32. The number of aryl methyl sites for hydroxylation is 1. The van der Waals surface area contributed by atoms with Crippen LogP contribution in [-0.4, -0.2) is 48.7 Å². The van der Waals surface area contributed by atoms with Crippen LogP contribution in [0, 0.1) is 6.92 Å². The largest absolute Gasteiger partial charge is 0.478 e. The summed E-state index contributed by atoms with van der Waals surface area (Å²) < 4.78 is 5.53. The number of halogens is 1. The maximum Gasteiger partial charge on any atom is 0.213 e. The van der Waals surface area contributed by atoms with Gasteiger partial charge in [-0.1, -0.05) is 19.1 Å². The van der Waals surface area contributed by atoms with Crippen molar-refractivity contribution in [1.82, 2.24) is 20.6 Å². The van der Waals surface area contributed by atoms with Gasteiger partial charge >= 0.3 is 0 Å². The topological polar surface area (TPSA) is 74.7 Å². The molecule has 2 N–H and O–H groups in total. The molecule has 2 aromatic rings. The number of ether oxygens (including phenoxy) is 1. The third-order valence-electron chi connectivity index (χ3n) is 4.97. The van der Waals surface area contributed by atoms with E-state index in [1.165, 1.54) is 0 Å². The van der Waals surface area contributed by atoms with Crippen molar-refractivity contribution in [3.63, 3.8) is 0 Å². The van der Waals surface area contributed by atoms with E-state index in [4.69, 9.17) is 4.74 Å². The number of hydrogen-bond acceptors (Lipinski definition) is 5. The number of guanidine groups is 1. The Morgan fingerprint density at radius 1 is 1.23 bits per heavy atom. The summed E-state index contributed by atoms with van der Waals surface area (Å²) in [7, 11) is 1.81. The average Bonchev–Trinajstić information content (AvgIpc) is 2.76. The summed E-state index contributed by atoms with van der Waals surface area (Å²) >= 11 is 0. The first-order valence-corrected chi connectivity index (χ1v) is 10.4. The molecule has 1 fully saturated rings.